The van der Waals surface area contributed by atoms with Crippen molar-refractivity contribution in [1.82, 2.24) is 9.21 Å². The lowest BCUT2D eigenvalue weighted by Crippen LogP contribution is -2.52. The van der Waals surface area contributed by atoms with Crippen molar-refractivity contribution in [3.05, 3.63) is 30.1 Å². The number of sulfonamides is 1. The summed E-state index contributed by atoms with van der Waals surface area (Å²) in [4.78, 5) is 1.92. The molecule has 2 rings (SSSR count). The number of rotatable bonds is 3. The fraction of sp³-hybridized carbons (Fsp3) is 0.538. The van der Waals surface area contributed by atoms with Crippen LogP contribution in [0.25, 0.3) is 0 Å². The molecule has 0 spiro atoms. The van der Waals surface area contributed by atoms with Crippen LogP contribution in [0, 0.1) is 5.82 Å². The number of halogens is 1. The van der Waals surface area contributed by atoms with Gasteiger partial charge in [0.05, 0.1) is 0 Å². The molecule has 19 heavy (non-hydrogen) atoms. The third kappa shape index (κ3) is 2.80. The van der Waals surface area contributed by atoms with Gasteiger partial charge >= 0.3 is 0 Å². The highest BCUT2D eigenvalue weighted by Gasteiger charge is 2.33. The number of hydrogen-bond acceptors (Lipinski definition) is 3. The molecule has 1 unspecified atom stereocenters. The normalized spacial score (nSPS) is 22.6. The van der Waals surface area contributed by atoms with Crippen molar-refractivity contribution in [3.8, 4) is 0 Å². The molecule has 0 aliphatic carbocycles. The second-order valence-electron chi connectivity index (χ2n) is 4.84. The number of likely N-dealkylation sites (N-methyl/N-ethyl adjacent to an activating group) is 1. The summed E-state index contributed by atoms with van der Waals surface area (Å²) in [5.74, 6) is -0.686. The van der Waals surface area contributed by atoms with E-state index in [0.29, 0.717) is 19.6 Å². The van der Waals surface area contributed by atoms with Crippen LogP contribution in [0.15, 0.2) is 29.2 Å². The highest BCUT2D eigenvalue weighted by atomic mass is 32.2. The lowest BCUT2D eigenvalue weighted by atomic mass is 10.1. The maximum absolute atomic E-state index is 13.7. The maximum Gasteiger partial charge on any atom is 0.246 e. The van der Waals surface area contributed by atoms with Gasteiger partial charge in [0.25, 0.3) is 0 Å². The lowest BCUT2D eigenvalue weighted by Gasteiger charge is -2.38. The van der Waals surface area contributed by atoms with Crippen molar-refractivity contribution in [1.29, 1.82) is 0 Å². The highest BCUT2D eigenvalue weighted by Crippen LogP contribution is 2.22. The van der Waals surface area contributed by atoms with Gasteiger partial charge in [-0.15, -0.1) is 0 Å². The summed E-state index contributed by atoms with van der Waals surface area (Å²) >= 11 is 0. The van der Waals surface area contributed by atoms with Gasteiger partial charge in [0.1, 0.15) is 10.7 Å². The predicted molar refractivity (Wildman–Crippen MR) is 71.9 cm³/mol. The van der Waals surface area contributed by atoms with E-state index < -0.39 is 15.8 Å². The Morgan fingerprint density at radius 3 is 2.63 bits per heavy atom. The molecule has 1 aliphatic heterocycles. The number of piperazine rings is 1. The third-order valence-corrected chi connectivity index (χ3v) is 5.56. The van der Waals surface area contributed by atoms with E-state index in [9.17, 15) is 12.8 Å². The molecule has 1 aromatic carbocycles. The Labute approximate surface area is 113 Å². The minimum atomic E-state index is -3.73. The molecule has 0 saturated carbocycles. The van der Waals surface area contributed by atoms with Crippen LogP contribution in [0.1, 0.15) is 13.3 Å². The molecule has 1 aromatic rings. The molecule has 1 atom stereocenters. The molecule has 4 nitrogen and oxygen atoms in total. The van der Waals surface area contributed by atoms with Gasteiger partial charge in [-0.3, -0.25) is 0 Å². The fourth-order valence-electron chi connectivity index (χ4n) is 2.37. The minimum absolute atomic E-state index is 0.190. The summed E-state index contributed by atoms with van der Waals surface area (Å²) in [5, 5.41) is 0. The van der Waals surface area contributed by atoms with E-state index >= 15 is 0 Å². The zero-order valence-electron chi connectivity index (χ0n) is 11.2. The van der Waals surface area contributed by atoms with Crippen LogP contribution < -0.4 is 0 Å². The van der Waals surface area contributed by atoms with Gasteiger partial charge in [0.15, 0.2) is 0 Å². The predicted octanol–water partition coefficient (Wildman–Crippen LogP) is 1.54. The monoisotopic (exact) mass is 286 g/mol. The van der Waals surface area contributed by atoms with E-state index in [1.54, 1.807) is 6.07 Å². The summed E-state index contributed by atoms with van der Waals surface area (Å²) in [6.45, 7) is 3.53. The quantitative estimate of drug-likeness (QED) is 0.846. The van der Waals surface area contributed by atoms with Gasteiger partial charge in [-0.2, -0.15) is 4.31 Å². The molecule has 1 fully saturated rings. The van der Waals surface area contributed by atoms with E-state index in [4.69, 9.17) is 0 Å². The average molecular weight is 286 g/mol. The Hall–Kier alpha value is -0.980. The van der Waals surface area contributed by atoms with Crippen molar-refractivity contribution < 1.29 is 12.8 Å². The Bertz CT molecular complexity index is 547. The summed E-state index contributed by atoms with van der Waals surface area (Å²) in [7, 11) is -1.74. The van der Waals surface area contributed by atoms with Gasteiger partial charge < -0.3 is 4.90 Å². The summed E-state index contributed by atoms with van der Waals surface area (Å²) in [6.07, 6.45) is 0.875. The number of benzene rings is 1. The first-order valence-corrected chi connectivity index (χ1v) is 7.85. The molecule has 1 aliphatic rings. The molecule has 106 valence electrons. The molecular weight excluding hydrogens is 267 g/mol. The zero-order chi connectivity index (χ0) is 14.0. The SMILES string of the molecule is CCC1CN(S(=O)(=O)c2ccccc2F)CCN1C. The third-order valence-electron chi connectivity index (χ3n) is 3.67. The van der Waals surface area contributed by atoms with Crippen molar-refractivity contribution in [2.75, 3.05) is 26.7 Å². The van der Waals surface area contributed by atoms with Gasteiger partial charge in [-0.05, 0) is 25.6 Å². The first-order chi connectivity index (χ1) is 8.96. The number of hydrogen-bond donors (Lipinski definition) is 0. The van der Waals surface area contributed by atoms with E-state index in [2.05, 4.69) is 4.90 Å². The first kappa shape index (κ1) is 14.4. The topological polar surface area (TPSA) is 40.6 Å². The second-order valence-corrected chi connectivity index (χ2v) is 6.74. The lowest BCUT2D eigenvalue weighted by molar-refractivity contribution is 0.144. The Morgan fingerprint density at radius 1 is 1.32 bits per heavy atom. The average Bonchev–Trinajstić information content (AvgIpc) is 2.39. The van der Waals surface area contributed by atoms with Gasteiger partial charge in [-0.25, -0.2) is 12.8 Å². The van der Waals surface area contributed by atoms with Crippen LogP contribution in [-0.4, -0.2) is 50.3 Å². The minimum Gasteiger partial charge on any atom is -0.301 e. The van der Waals surface area contributed by atoms with Crippen LogP contribution in [0.3, 0.4) is 0 Å². The summed E-state index contributed by atoms with van der Waals surface area (Å²) in [5.41, 5.74) is 0. The van der Waals surface area contributed by atoms with E-state index in [1.165, 1.54) is 22.5 Å². The number of nitrogens with zero attached hydrogens (tertiary/aromatic N) is 2. The Balaban J connectivity index is 2.28. The van der Waals surface area contributed by atoms with E-state index in [-0.39, 0.29) is 10.9 Å². The Kier molecular flexibility index (Phi) is 4.23. The van der Waals surface area contributed by atoms with Crippen molar-refractivity contribution in [3.63, 3.8) is 0 Å². The fourth-order valence-corrected chi connectivity index (χ4v) is 3.90. The van der Waals surface area contributed by atoms with Gasteiger partial charge in [0, 0.05) is 25.7 Å². The van der Waals surface area contributed by atoms with E-state index in [0.717, 1.165) is 6.42 Å². The Morgan fingerprint density at radius 2 is 2.00 bits per heavy atom. The van der Waals surface area contributed by atoms with Crippen LogP contribution in [0.5, 0.6) is 0 Å². The summed E-state index contributed by atoms with van der Waals surface area (Å²) < 4.78 is 40.0. The van der Waals surface area contributed by atoms with Crippen LogP contribution >= 0.6 is 0 Å². The second kappa shape index (κ2) is 5.56. The smallest absolute Gasteiger partial charge is 0.246 e. The molecule has 6 heteroatoms. The van der Waals surface area contributed by atoms with Crippen molar-refractivity contribution in [2.45, 2.75) is 24.3 Å². The summed E-state index contributed by atoms with van der Waals surface area (Å²) in [6, 6.07) is 5.73. The molecule has 0 N–H and O–H groups in total. The highest BCUT2D eigenvalue weighted by molar-refractivity contribution is 7.89. The molecule has 1 heterocycles. The van der Waals surface area contributed by atoms with Crippen molar-refractivity contribution in [2.24, 2.45) is 0 Å². The van der Waals surface area contributed by atoms with Crippen molar-refractivity contribution >= 4 is 10.0 Å². The van der Waals surface area contributed by atoms with Gasteiger partial charge in [-0.1, -0.05) is 19.1 Å². The van der Waals surface area contributed by atoms with Gasteiger partial charge in [0.2, 0.25) is 10.0 Å². The van der Waals surface area contributed by atoms with Crippen LogP contribution in [0.4, 0.5) is 4.39 Å². The standard InChI is InChI=1S/C13H19FN2O2S/c1-3-11-10-16(9-8-15(11)2)19(17,18)13-7-5-4-6-12(13)14/h4-7,11H,3,8-10H2,1-2H3. The zero-order valence-corrected chi connectivity index (χ0v) is 12.0. The molecule has 0 aromatic heterocycles. The van der Waals surface area contributed by atoms with Crippen LogP contribution in [-0.2, 0) is 10.0 Å². The molecule has 0 radical (unpaired) electrons. The maximum atomic E-state index is 13.7. The largest absolute Gasteiger partial charge is 0.301 e. The molecule has 0 amide bonds. The molecule has 0 bridgehead atoms. The molecule has 1 saturated heterocycles. The van der Waals surface area contributed by atoms with E-state index in [1.807, 2.05) is 14.0 Å². The first-order valence-electron chi connectivity index (χ1n) is 6.41. The van der Waals surface area contributed by atoms with Crippen LogP contribution in [0.2, 0.25) is 0 Å². The molecular formula is C13H19FN2O2S.